The predicted molar refractivity (Wildman–Crippen MR) is 76.6 cm³/mol. The summed E-state index contributed by atoms with van der Waals surface area (Å²) in [5.41, 5.74) is 3.49. The minimum absolute atomic E-state index is 0.569. The molecule has 0 aliphatic carbocycles. The predicted octanol–water partition coefficient (Wildman–Crippen LogP) is 3.20. The number of ether oxygens (including phenoxy) is 1. The van der Waals surface area contributed by atoms with E-state index in [1.807, 2.05) is 18.2 Å². The zero-order valence-electron chi connectivity index (χ0n) is 10.7. The summed E-state index contributed by atoms with van der Waals surface area (Å²) in [5, 5.41) is 7.64. The Morgan fingerprint density at radius 1 is 1.25 bits per heavy atom. The second-order valence-corrected chi connectivity index (χ2v) is 4.51. The summed E-state index contributed by atoms with van der Waals surface area (Å²) in [7, 11) is 1.59. The third-order valence-corrected chi connectivity index (χ3v) is 3.25. The molecule has 0 saturated carbocycles. The van der Waals surface area contributed by atoms with Gasteiger partial charge in [-0.05, 0) is 18.2 Å². The van der Waals surface area contributed by atoms with Crippen LogP contribution >= 0.6 is 11.6 Å². The minimum atomic E-state index is 0.569. The molecule has 0 atom stereocenters. The number of aromatic amines is 1. The molecule has 1 N–H and O–H groups in total. The number of methoxy groups -OCH3 is 1. The van der Waals surface area contributed by atoms with Gasteiger partial charge in [-0.3, -0.25) is 5.10 Å². The van der Waals surface area contributed by atoms with E-state index in [0.29, 0.717) is 10.8 Å². The van der Waals surface area contributed by atoms with Crippen LogP contribution in [0.1, 0.15) is 0 Å². The Hall–Kier alpha value is -2.40. The Morgan fingerprint density at radius 3 is 2.90 bits per heavy atom. The topological polar surface area (TPSA) is 63.7 Å². The summed E-state index contributed by atoms with van der Waals surface area (Å²) in [4.78, 5) is 8.16. The van der Waals surface area contributed by atoms with Gasteiger partial charge >= 0.3 is 0 Å². The first-order chi connectivity index (χ1) is 9.79. The van der Waals surface area contributed by atoms with E-state index in [1.54, 1.807) is 25.6 Å². The molecule has 0 spiro atoms. The molecule has 100 valence electrons. The summed E-state index contributed by atoms with van der Waals surface area (Å²) in [5.74, 6) is 0.618. The Labute approximate surface area is 120 Å². The average molecular weight is 287 g/mol. The van der Waals surface area contributed by atoms with Gasteiger partial charge < -0.3 is 4.74 Å². The number of halogens is 1. The van der Waals surface area contributed by atoms with Gasteiger partial charge in [0.1, 0.15) is 12.1 Å². The fourth-order valence-electron chi connectivity index (χ4n) is 1.97. The summed E-state index contributed by atoms with van der Waals surface area (Å²) in [6.45, 7) is 0. The number of nitrogens with zero attached hydrogens (tertiary/aromatic N) is 3. The third kappa shape index (κ3) is 2.23. The molecule has 0 aliphatic heterocycles. The van der Waals surface area contributed by atoms with Gasteiger partial charge in [0, 0.05) is 17.3 Å². The smallest absolute Gasteiger partial charge is 0.138 e. The second kappa shape index (κ2) is 5.30. The Morgan fingerprint density at radius 2 is 2.15 bits per heavy atom. The number of hydrogen-bond acceptors (Lipinski definition) is 4. The molecule has 3 aromatic rings. The van der Waals surface area contributed by atoms with E-state index in [1.165, 1.54) is 6.33 Å². The van der Waals surface area contributed by atoms with Gasteiger partial charge in [0.2, 0.25) is 0 Å². The number of rotatable bonds is 3. The van der Waals surface area contributed by atoms with Crippen LogP contribution in [0.5, 0.6) is 5.75 Å². The maximum absolute atomic E-state index is 6.04. The molecule has 0 unspecified atom stereocenters. The molecule has 0 bridgehead atoms. The highest BCUT2D eigenvalue weighted by Gasteiger charge is 2.12. The van der Waals surface area contributed by atoms with Crippen molar-refractivity contribution in [3.05, 3.63) is 48.0 Å². The molecular formula is C14H11ClN4O. The van der Waals surface area contributed by atoms with Crippen molar-refractivity contribution in [1.29, 1.82) is 0 Å². The van der Waals surface area contributed by atoms with Crippen LogP contribution in [0.3, 0.4) is 0 Å². The summed E-state index contributed by atoms with van der Waals surface area (Å²) >= 11 is 6.04. The first kappa shape index (κ1) is 12.6. The van der Waals surface area contributed by atoms with Crippen LogP contribution in [0.25, 0.3) is 22.5 Å². The van der Waals surface area contributed by atoms with Gasteiger partial charge in [0.25, 0.3) is 0 Å². The van der Waals surface area contributed by atoms with E-state index >= 15 is 0 Å². The van der Waals surface area contributed by atoms with Gasteiger partial charge in [-0.15, -0.1) is 0 Å². The standard InChI is InChI=1S/C14H11ClN4O/c1-20-13-6-9(2-3-11(13)15)14-10(7-18-19-14)12-4-5-16-8-17-12/h2-8H,1H3,(H,18,19). The van der Waals surface area contributed by atoms with Crippen molar-refractivity contribution >= 4 is 11.6 Å². The molecular weight excluding hydrogens is 276 g/mol. The second-order valence-electron chi connectivity index (χ2n) is 4.10. The highest BCUT2D eigenvalue weighted by Crippen LogP contribution is 2.33. The fourth-order valence-corrected chi connectivity index (χ4v) is 2.16. The van der Waals surface area contributed by atoms with Crippen LogP contribution in [-0.2, 0) is 0 Å². The molecule has 5 nitrogen and oxygen atoms in total. The lowest BCUT2D eigenvalue weighted by Crippen LogP contribution is -1.89. The van der Waals surface area contributed by atoms with E-state index in [9.17, 15) is 0 Å². The van der Waals surface area contributed by atoms with E-state index in [0.717, 1.165) is 22.5 Å². The highest BCUT2D eigenvalue weighted by atomic mass is 35.5. The molecule has 20 heavy (non-hydrogen) atoms. The van der Waals surface area contributed by atoms with Crippen LogP contribution in [0.2, 0.25) is 5.02 Å². The molecule has 2 aromatic heterocycles. The molecule has 0 saturated heterocycles. The molecule has 0 radical (unpaired) electrons. The maximum atomic E-state index is 6.04. The number of benzene rings is 1. The van der Waals surface area contributed by atoms with Crippen molar-refractivity contribution in [2.45, 2.75) is 0 Å². The lowest BCUT2D eigenvalue weighted by atomic mass is 10.1. The number of H-pyrrole nitrogens is 1. The van der Waals surface area contributed by atoms with E-state index in [4.69, 9.17) is 16.3 Å². The maximum Gasteiger partial charge on any atom is 0.138 e. The molecule has 3 rings (SSSR count). The van der Waals surface area contributed by atoms with Crippen molar-refractivity contribution < 1.29 is 4.74 Å². The van der Waals surface area contributed by atoms with Crippen LogP contribution in [0, 0.1) is 0 Å². The first-order valence-electron chi connectivity index (χ1n) is 5.93. The van der Waals surface area contributed by atoms with Gasteiger partial charge in [0.15, 0.2) is 0 Å². The van der Waals surface area contributed by atoms with Crippen molar-refractivity contribution in [1.82, 2.24) is 20.2 Å². The molecule has 0 aliphatic rings. The monoisotopic (exact) mass is 286 g/mol. The number of nitrogens with one attached hydrogen (secondary N) is 1. The summed E-state index contributed by atoms with van der Waals surface area (Å²) in [6, 6.07) is 7.39. The van der Waals surface area contributed by atoms with E-state index in [-0.39, 0.29) is 0 Å². The quantitative estimate of drug-likeness (QED) is 0.803. The average Bonchev–Trinajstić information content (AvgIpc) is 2.98. The molecule has 0 fully saturated rings. The Bertz CT molecular complexity index is 727. The Balaban J connectivity index is 2.10. The van der Waals surface area contributed by atoms with Crippen molar-refractivity contribution in [3.63, 3.8) is 0 Å². The minimum Gasteiger partial charge on any atom is -0.495 e. The fraction of sp³-hybridized carbons (Fsp3) is 0.0714. The SMILES string of the molecule is COc1cc(-c2[nH]ncc2-c2ccncn2)ccc1Cl. The normalized spacial score (nSPS) is 10.5. The largest absolute Gasteiger partial charge is 0.495 e. The lowest BCUT2D eigenvalue weighted by molar-refractivity contribution is 0.415. The zero-order chi connectivity index (χ0) is 13.9. The van der Waals surface area contributed by atoms with Crippen LogP contribution in [-0.4, -0.2) is 27.3 Å². The Kier molecular flexibility index (Phi) is 3.35. The van der Waals surface area contributed by atoms with Crippen LogP contribution in [0.15, 0.2) is 43.0 Å². The first-order valence-corrected chi connectivity index (χ1v) is 6.31. The van der Waals surface area contributed by atoms with Gasteiger partial charge in [0.05, 0.1) is 29.7 Å². The lowest BCUT2D eigenvalue weighted by Gasteiger charge is -2.07. The molecule has 6 heteroatoms. The van der Waals surface area contributed by atoms with Gasteiger partial charge in [-0.1, -0.05) is 17.7 Å². The van der Waals surface area contributed by atoms with E-state index < -0.39 is 0 Å². The van der Waals surface area contributed by atoms with Crippen molar-refractivity contribution in [3.8, 4) is 28.3 Å². The van der Waals surface area contributed by atoms with Gasteiger partial charge in [-0.25, -0.2) is 9.97 Å². The third-order valence-electron chi connectivity index (χ3n) is 2.94. The number of hydrogen-bond donors (Lipinski definition) is 1. The summed E-state index contributed by atoms with van der Waals surface area (Å²) < 4.78 is 5.24. The molecule has 1 aromatic carbocycles. The molecule has 0 amide bonds. The number of aromatic nitrogens is 4. The highest BCUT2D eigenvalue weighted by molar-refractivity contribution is 6.32. The van der Waals surface area contributed by atoms with Crippen LogP contribution in [0.4, 0.5) is 0 Å². The zero-order valence-corrected chi connectivity index (χ0v) is 11.4. The van der Waals surface area contributed by atoms with Crippen molar-refractivity contribution in [2.75, 3.05) is 7.11 Å². The van der Waals surface area contributed by atoms with Crippen molar-refractivity contribution in [2.24, 2.45) is 0 Å². The van der Waals surface area contributed by atoms with Gasteiger partial charge in [-0.2, -0.15) is 5.10 Å². The van der Waals surface area contributed by atoms with Crippen LogP contribution < -0.4 is 4.74 Å². The summed E-state index contributed by atoms with van der Waals surface area (Å²) in [6.07, 6.45) is 4.94. The molecule has 2 heterocycles. The van der Waals surface area contributed by atoms with E-state index in [2.05, 4.69) is 20.2 Å².